The summed E-state index contributed by atoms with van der Waals surface area (Å²) in [5, 5.41) is 2.85. The number of rotatable bonds is 6. The van der Waals surface area contributed by atoms with Crippen molar-refractivity contribution in [3.63, 3.8) is 0 Å². The van der Waals surface area contributed by atoms with E-state index >= 15 is 0 Å². The molecule has 1 aromatic rings. The summed E-state index contributed by atoms with van der Waals surface area (Å²) >= 11 is 0. The van der Waals surface area contributed by atoms with E-state index in [0.717, 1.165) is 28.4 Å². The highest BCUT2D eigenvalue weighted by Crippen LogP contribution is 2.30. The van der Waals surface area contributed by atoms with Gasteiger partial charge in [-0.25, -0.2) is 0 Å². The molecular weight excluding hydrogens is 290 g/mol. The van der Waals surface area contributed by atoms with Crippen LogP contribution in [0.2, 0.25) is 0 Å². The van der Waals surface area contributed by atoms with E-state index in [4.69, 9.17) is 0 Å². The van der Waals surface area contributed by atoms with Crippen molar-refractivity contribution in [1.82, 2.24) is 9.03 Å². The van der Waals surface area contributed by atoms with Crippen LogP contribution < -0.4 is 10.0 Å². The van der Waals surface area contributed by atoms with Crippen LogP contribution in [0.3, 0.4) is 0 Å². The van der Waals surface area contributed by atoms with Crippen LogP contribution >= 0.6 is 0 Å². The highest BCUT2D eigenvalue weighted by Gasteiger charge is 2.29. The molecule has 0 radical (unpaired) electrons. The van der Waals surface area contributed by atoms with Crippen molar-refractivity contribution in [2.45, 2.75) is 25.8 Å². The molecule has 1 aliphatic rings. The first-order chi connectivity index (χ1) is 9.79. The average Bonchev–Trinajstić information content (AvgIpc) is 3.23. The minimum atomic E-state index is -3.46. The van der Waals surface area contributed by atoms with Crippen molar-refractivity contribution in [2.24, 2.45) is 5.92 Å². The fourth-order valence-electron chi connectivity index (χ4n) is 1.84. The van der Waals surface area contributed by atoms with Gasteiger partial charge in [0, 0.05) is 31.7 Å². The second-order valence-corrected chi connectivity index (χ2v) is 7.43. The van der Waals surface area contributed by atoms with E-state index < -0.39 is 10.2 Å². The molecule has 1 aromatic carbocycles. The van der Waals surface area contributed by atoms with Crippen molar-refractivity contribution in [2.75, 3.05) is 19.4 Å². The van der Waals surface area contributed by atoms with Crippen LogP contribution in [0.25, 0.3) is 0 Å². The lowest BCUT2D eigenvalue weighted by molar-refractivity contribution is -0.117. The molecule has 0 heterocycles. The molecule has 6 nitrogen and oxygen atoms in total. The maximum absolute atomic E-state index is 11.8. The first-order valence-electron chi connectivity index (χ1n) is 6.90. The first kappa shape index (κ1) is 15.9. The van der Waals surface area contributed by atoms with E-state index in [0.29, 0.717) is 0 Å². The van der Waals surface area contributed by atoms with Gasteiger partial charge < -0.3 is 5.32 Å². The van der Waals surface area contributed by atoms with Crippen LogP contribution in [0.15, 0.2) is 24.3 Å². The van der Waals surface area contributed by atoms with E-state index in [9.17, 15) is 13.2 Å². The van der Waals surface area contributed by atoms with E-state index in [1.54, 1.807) is 19.1 Å². The molecule has 0 saturated heterocycles. The SMILES string of the molecule is C[C@@H](NS(=O)(=O)N(C)C)c1ccc(NC(=O)C2CC2)cc1. The Bertz CT molecular complexity index is 607. The summed E-state index contributed by atoms with van der Waals surface area (Å²) in [5.74, 6) is 0.222. The molecule has 2 N–H and O–H groups in total. The number of nitrogens with one attached hydrogen (secondary N) is 2. The normalized spacial score (nSPS) is 16.8. The minimum Gasteiger partial charge on any atom is -0.326 e. The fourth-order valence-corrected chi connectivity index (χ4v) is 2.64. The number of anilines is 1. The monoisotopic (exact) mass is 311 g/mol. The standard InChI is InChI=1S/C14H21N3O3S/c1-10(16-21(19,20)17(2)3)11-6-8-13(9-7-11)15-14(18)12-4-5-12/h6-10,12,16H,4-5H2,1-3H3,(H,15,18)/t10-/m1/s1. The summed E-state index contributed by atoms with van der Waals surface area (Å²) < 4.78 is 27.2. The molecular formula is C14H21N3O3S. The van der Waals surface area contributed by atoms with E-state index in [-0.39, 0.29) is 17.9 Å². The van der Waals surface area contributed by atoms with Crippen LogP contribution in [0.1, 0.15) is 31.4 Å². The van der Waals surface area contributed by atoms with Crippen LogP contribution in [-0.4, -0.2) is 32.7 Å². The Labute approximate surface area is 125 Å². The van der Waals surface area contributed by atoms with Gasteiger partial charge in [0.1, 0.15) is 0 Å². The van der Waals surface area contributed by atoms with Gasteiger partial charge in [0.15, 0.2) is 0 Å². The molecule has 1 amide bonds. The maximum Gasteiger partial charge on any atom is 0.279 e. The highest BCUT2D eigenvalue weighted by molar-refractivity contribution is 7.87. The Kier molecular flexibility index (Phi) is 4.65. The van der Waals surface area contributed by atoms with Crippen molar-refractivity contribution in [1.29, 1.82) is 0 Å². The van der Waals surface area contributed by atoms with Crippen molar-refractivity contribution in [3.8, 4) is 0 Å². The number of benzene rings is 1. The van der Waals surface area contributed by atoms with Crippen LogP contribution in [-0.2, 0) is 15.0 Å². The van der Waals surface area contributed by atoms with Crippen molar-refractivity contribution >= 4 is 21.8 Å². The summed E-state index contributed by atoms with van der Waals surface area (Å²) in [5.41, 5.74) is 1.57. The lowest BCUT2D eigenvalue weighted by atomic mass is 10.1. The third-order valence-electron chi connectivity index (χ3n) is 3.43. The average molecular weight is 311 g/mol. The number of carbonyl (C=O) groups excluding carboxylic acids is 1. The Hall–Kier alpha value is -1.44. The quantitative estimate of drug-likeness (QED) is 0.835. The van der Waals surface area contributed by atoms with Gasteiger partial charge in [0.2, 0.25) is 5.91 Å². The zero-order valence-corrected chi connectivity index (χ0v) is 13.3. The zero-order valence-electron chi connectivity index (χ0n) is 12.5. The summed E-state index contributed by atoms with van der Waals surface area (Å²) in [7, 11) is -0.509. The lowest BCUT2D eigenvalue weighted by Gasteiger charge is -2.18. The van der Waals surface area contributed by atoms with Crippen molar-refractivity contribution in [3.05, 3.63) is 29.8 Å². The van der Waals surface area contributed by atoms with Gasteiger partial charge >= 0.3 is 0 Å². The van der Waals surface area contributed by atoms with Gasteiger partial charge in [0.25, 0.3) is 10.2 Å². The predicted molar refractivity (Wildman–Crippen MR) is 82.0 cm³/mol. The molecule has 1 saturated carbocycles. The summed E-state index contributed by atoms with van der Waals surface area (Å²) in [6.45, 7) is 1.78. The fraction of sp³-hybridized carbons (Fsp3) is 0.500. The molecule has 2 rings (SSSR count). The highest BCUT2D eigenvalue weighted by atomic mass is 32.2. The van der Waals surface area contributed by atoms with E-state index in [2.05, 4.69) is 10.0 Å². The second kappa shape index (κ2) is 6.13. The molecule has 116 valence electrons. The number of nitrogens with zero attached hydrogens (tertiary/aromatic N) is 1. The molecule has 0 bridgehead atoms. The van der Waals surface area contributed by atoms with Gasteiger partial charge in [0.05, 0.1) is 0 Å². The number of hydrogen-bond acceptors (Lipinski definition) is 3. The molecule has 0 aliphatic heterocycles. The van der Waals surface area contributed by atoms with Gasteiger partial charge in [-0.15, -0.1) is 0 Å². The van der Waals surface area contributed by atoms with Crippen LogP contribution in [0.4, 0.5) is 5.69 Å². The molecule has 0 aromatic heterocycles. The largest absolute Gasteiger partial charge is 0.326 e. The van der Waals surface area contributed by atoms with Gasteiger partial charge in [-0.1, -0.05) is 12.1 Å². The molecule has 1 fully saturated rings. The van der Waals surface area contributed by atoms with Crippen LogP contribution in [0.5, 0.6) is 0 Å². The smallest absolute Gasteiger partial charge is 0.279 e. The molecule has 21 heavy (non-hydrogen) atoms. The molecule has 1 aliphatic carbocycles. The molecule has 7 heteroatoms. The van der Waals surface area contributed by atoms with Gasteiger partial charge in [-0.3, -0.25) is 4.79 Å². The maximum atomic E-state index is 11.8. The number of amides is 1. The summed E-state index contributed by atoms with van der Waals surface area (Å²) in [4.78, 5) is 11.6. The third-order valence-corrected chi connectivity index (χ3v) is 5.05. The van der Waals surface area contributed by atoms with E-state index in [1.807, 2.05) is 12.1 Å². The van der Waals surface area contributed by atoms with Crippen molar-refractivity contribution < 1.29 is 13.2 Å². The van der Waals surface area contributed by atoms with E-state index in [1.165, 1.54) is 14.1 Å². The minimum absolute atomic E-state index is 0.0594. The summed E-state index contributed by atoms with van der Waals surface area (Å²) in [6.07, 6.45) is 1.93. The summed E-state index contributed by atoms with van der Waals surface area (Å²) in [6, 6.07) is 6.86. The Morgan fingerprint density at radius 2 is 1.81 bits per heavy atom. The number of hydrogen-bond donors (Lipinski definition) is 2. The van der Waals surface area contributed by atoms with Crippen LogP contribution in [0, 0.1) is 5.92 Å². The first-order valence-corrected chi connectivity index (χ1v) is 8.34. The third kappa shape index (κ3) is 4.26. The topological polar surface area (TPSA) is 78.5 Å². The number of carbonyl (C=O) groups is 1. The van der Waals surface area contributed by atoms with Gasteiger partial charge in [-0.2, -0.15) is 17.4 Å². The molecule has 0 spiro atoms. The molecule has 1 atom stereocenters. The Morgan fingerprint density at radius 1 is 1.24 bits per heavy atom. The zero-order chi connectivity index (χ0) is 15.6. The molecule has 0 unspecified atom stereocenters. The second-order valence-electron chi connectivity index (χ2n) is 5.51. The lowest BCUT2D eigenvalue weighted by Crippen LogP contribution is -2.37. The predicted octanol–water partition coefficient (Wildman–Crippen LogP) is 1.49. The Morgan fingerprint density at radius 3 is 2.29 bits per heavy atom. The Balaban J connectivity index is 1.99. The van der Waals surface area contributed by atoms with Gasteiger partial charge in [-0.05, 0) is 37.5 Å².